The van der Waals surface area contributed by atoms with E-state index in [0.717, 1.165) is 22.4 Å². The summed E-state index contributed by atoms with van der Waals surface area (Å²) in [6.45, 7) is 3.10. The summed E-state index contributed by atoms with van der Waals surface area (Å²) in [6.07, 6.45) is 1.90. The largest absolute Gasteiger partial charge is 0.496 e. The van der Waals surface area contributed by atoms with E-state index in [-0.39, 0.29) is 26.1 Å². The first-order valence-corrected chi connectivity index (χ1v) is 15.2. The van der Waals surface area contributed by atoms with Gasteiger partial charge in [-0.2, -0.15) is 5.10 Å². The van der Waals surface area contributed by atoms with Crippen LogP contribution in [0.2, 0.25) is 0 Å². The van der Waals surface area contributed by atoms with Crippen LogP contribution in [0.15, 0.2) is 61.2 Å². The second-order valence-electron chi connectivity index (χ2n) is 11.7. The molecule has 0 radical (unpaired) electrons. The second kappa shape index (κ2) is 15.0. The first-order valence-electron chi connectivity index (χ1n) is 15.2. The van der Waals surface area contributed by atoms with Crippen molar-refractivity contribution in [3.63, 3.8) is 0 Å². The molecule has 2 saturated heterocycles. The maximum Gasteiger partial charge on any atom is 0.251 e. The molecule has 4 amide bonds. The Bertz CT molecular complexity index is 1520. The Morgan fingerprint density at radius 2 is 1.78 bits per heavy atom. The molecule has 3 heterocycles. The molecular weight excluding hydrogens is 592 g/mol. The minimum absolute atomic E-state index is 0.131. The molecule has 2 aliphatic rings. The van der Waals surface area contributed by atoms with Gasteiger partial charge in [0.2, 0.25) is 17.7 Å². The average Bonchev–Trinajstić information content (AvgIpc) is 3.56. The highest BCUT2D eigenvalue weighted by molar-refractivity contribution is 5.93. The highest BCUT2D eigenvalue weighted by atomic mass is 16.5. The number of carbonyl (C=O) groups excluding carboxylic acids is 4. The van der Waals surface area contributed by atoms with Gasteiger partial charge in [-0.25, -0.2) is 9.67 Å². The van der Waals surface area contributed by atoms with Crippen LogP contribution in [0.3, 0.4) is 0 Å². The van der Waals surface area contributed by atoms with Crippen molar-refractivity contribution in [3.05, 3.63) is 77.9 Å². The van der Waals surface area contributed by atoms with Crippen molar-refractivity contribution in [2.45, 2.75) is 50.7 Å². The molecule has 0 aliphatic carbocycles. The molecule has 244 valence electrons. The van der Waals surface area contributed by atoms with E-state index >= 15 is 0 Å². The van der Waals surface area contributed by atoms with E-state index in [1.807, 2.05) is 48.5 Å². The molecule has 5 rings (SSSR count). The Balaban J connectivity index is 1.39. The van der Waals surface area contributed by atoms with Crippen LogP contribution in [0, 0.1) is 0 Å². The number of morpholine rings is 1. The SMILES string of the molecule is COc1ccc(CN2C[C@@H]3CNC(=O)[C@@H](C)NC(=O)CN(C)C(=O)[C@@H](Cc4ccccc4)NC(=O)[C@@H](C2)O3)cc1Cn1cncn1. The van der Waals surface area contributed by atoms with Gasteiger partial charge in [0.1, 0.15) is 36.6 Å². The van der Waals surface area contributed by atoms with Gasteiger partial charge in [0.25, 0.3) is 5.91 Å². The fraction of sp³-hybridized carbons (Fsp3) is 0.438. The second-order valence-corrected chi connectivity index (χ2v) is 11.7. The minimum Gasteiger partial charge on any atom is -0.496 e. The number of rotatable bonds is 7. The van der Waals surface area contributed by atoms with E-state index in [0.29, 0.717) is 19.6 Å². The summed E-state index contributed by atoms with van der Waals surface area (Å²) in [5.74, 6) is -1.03. The number of hydrogen-bond donors (Lipinski definition) is 3. The standard InChI is InChI=1S/C32H40N8O6/c1-21-30(42)34-13-25-16-39(14-23-9-10-27(45-3)24(11-23)15-40-20-33-19-35-40)17-28(46-25)31(43)37-26(12-22-7-5-4-6-8-22)32(44)38(2)18-29(41)36-21/h4-11,19-21,25-26,28H,12-18H2,1-3H3,(H,34,42)(H,36,41)(H,37,43)/t21-,25+,26-,28-/m1/s1. The minimum atomic E-state index is -0.937. The number of hydrogen-bond acceptors (Lipinski definition) is 9. The molecule has 0 saturated carbocycles. The van der Waals surface area contributed by atoms with E-state index in [4.69, 9.17) is 9.47 Å². The predicted octanol–water partition coefficient (Wildman–Crippen LogP) is -0.275. The predicted molar refractivity (Wildman–Crippen MR) is 166 cm³/mol. The van der Waals surface area contributed by atoms with Crippen LogP contribution in [0.5, 0.6) is 5.75 Å². The number of methoxy groups -OCH3 is 1. The lowest BCUT2D eigenvalue weighted by Gasteiger charge is -2.38. The summed E-state index contributed by atoms with van der Waals surface area (Å²) >= 11 is 0. The lowest BCUT2D eigenvalue weighted by atomic mass is 10.0. The number of nitrogens with zero attached hydrogens (tertiary/aromatic N) is 5. The maximum atomic E-state index is 13.8. The molecular formula is C32H40N8O6. The molecule has 46 heavy (non-hydrogen) atoms. The van der Waals surface area contributed by atoms with E-state index in [9.17, 15) is 19.2 Å². The Kier molecular flexibility index (Phi) is 10.6. The Morgan fingerprint density at radius 1 is 0.978 bits per heavy atom. The molecule has 1 aromatic heterocycles. The fourth-order valence-electron chi connectivity index (χ4n) is 5.70. The number of likely N-dealkylation sites (N-methyl/N-ethyl adjacent to an activating group) is 1. The van der Waals surface area contributed by atoms with E-state index in [2.05, 4.69) is 30.9 Å². The molecule has 4 atom stereocenters. The van der Waals surface area contributed by atoms with Gasteiger partial charge in [0.05, 0.1) is 26.3 Å². The van der Waals surface area contributed by atoms with Crippen LogP contribution < -0.4 is 20.7 Å². The lowest BCUT2D eigenvalue weighted by molar-refractivity contribution is -0.150. The van der Waals surface area contributed by atoms with Crippen LogP contribution in [-0.4, -0.2) is 113 Å². The zero-order chi connectivity index (χ0) is 32.6. The van der Waals surface area contributed by atoms with Crippen LogP contribution >= 0.6 is 0 Å². The Hall–Kier alpha value is -4.82. The smallest absolute Gasteiger partial charge is 0.251 e. The molecule has 14 heteroatoms. The number of carbonyl (C=O) groups is 4. The monoisotopic (exact) mass is 632 g/mol. The Labute approximate surface area is 267 Å². The van der Waals surface area contributed by atoms with E-state index in [1.54, 1.807) is 25.0 Å². The summed E-state index contributed by atoms with van der Waals surface area (Å²) in [7, 11) is 3.11. The molecule has 0 unspecified atom stereocenters. The topological polar surface area (TPSA) is 160 Å². The van der Waals surface area contributed by atoms with Gasteiger partial charge in [-0.3, -0.25) is 24.1 Å². The molecule has 2 bridgehead atoms. The highest BCUT2D eigenvalue weighted by Crippen LogP contribution is 2.23. The molecule has 0 spiro atoms. The van der Waals surface area contributed by atoms with Gasteiger partial charge < -0.3 is 30.3 Å². The van der Waals surface area contributed by atoms with Crippen molar-refractivity contribution in [1.82, 2.24) is 40.5 Å². The number of aromatic nitrogens is 3. The maximum absolute atomic E-state index is 13.8. The van der Waals surface area contributed by atoms with Gasteiger partial charge in [-0.05, 0) is 30.2 Å². The summed E-state index contributed by atoms with van der Waals surface area (Å²) < 4.78 is 13.5. The number of fused-ring (bicyclic) bond motifs is 2. The van der Waals surface area contributed by atoms with Crippen molar-refractivity contribution >= 4 is 23.6 Å². The molecule has 3 aromatic rings. The molecule has 14 nitrogen and oxygen atoms in total. The summed E-state index contributed by atoms with van der Waals surface area (Å²) in [6, 6.07) is 13.5. The van der Waals surface area contributed by atoms with Gasteiger partial charge in [0.15, 0.2) is 0 Å². The zero-order valence-corrected chi connectivity index (χ0v) is 26.2. The first kappa shape index (κ1) is 32.6. The third kappa shape index (κ3) is 8.46. The van der Waals surface area contributed by atoms with Crippen LogP contribution in [0.25, 0.3) is 0 Å². The van der Waals surface area contributed by atoms with Crippen molar-refractivity contribution in [3.8, 4) is 5.75 Å². The average molecular weight is 633 g/mol. The third-order valence-electron chi connectivity index (χ3n) is 8.01. The normalized spacial score (nSPS) is 23.5. The van der Waals surface area contributed by atoms with Crippen LogP contribution in [0.1, 0.15) is 23.6 Å². The number of ether oxygens (including phenoxy) is 2. The summed E-state index contributed by atoms with van der Waals surface area (Å²) in [4.78, 5) is 60.3. The molecule has 3 N–H and O–H groups in total. The van der Waals surface area contributed by atoms with E-state index < -0.39 is 47.9 Å². The molecule has 2 aromatic carbocycles. The van der Waals surface area contributed by atoms with Crippen molar-refractivity contribution in [2.24, 2.45) is 0 Å². The van der Waals surface area contributed by atoms with E-state index in [1.165, 1.54) is 18.3 Å². The third-order valence-corrected chi connectivity index (χ3v) is 8.01. The highest BCUT2D eigenvalue weighted by Gasteiger charge is 2.36. The van der Waals surface area contributed by atoms with Crippen molar-refractivity contribution < 1.29 is 28.7 Å². The summed E-state index contributed by atoms with van der Waals surface area (Å²) in [5.41, 5.74) is 2.76. The van der Waals surface area contributed by atoms with Gasteiger partial charge >= 0.3 is 0 Å². The molecule has 2 aliphatic heterocycles. The molecule has 2 fully saturated rings. The quantitative estimate of drug-likeness (QED) is 0.319. The number of nitrogens with one attached hydrogen (secondary N) is 3. The lowest BCUT2D eigenvalue weighted by Crippen LogP contribution is -2.58. The van der Waals surface area contributed by atoms with Crippen molar-refractivity contribution in [2.75, 3.05) is 40.3 Å². The number of amides is 4. The van der Waals surface area contributed by atoms with Gasteiger partial charge in [-0.1, -0.05) is 36.4 Å². The van der Waals surface area contributed by atoms with Gasteiger partial charge in [-0.15, -0.1) is 0 Å². The Morgan fingerprint density at radius 3 is 2.52 bits per heavy atom. The zero-order valence-electron chi connectivity index (χ0n) is 26.2. The van der Waals surface area contributed by atoms with Crippen LogP contribution in [-0.2, 0) is 43.4 Å². The first-order chi connectivity index (χ1) is 22.2. The fourth-order valence-corrected chi connectivity index (χ4v) is 5.70. The van der Waals surface area contributed by atoms with Crippen LogP contribution in [0.4, 0.5) is 0 Å². The van der Waals surface area contributed by atoms with Crippen molar-refractivity contribution in [1.29, 1.82) is 0 Å². The van der Waals surface area contributed by atoms with Gasteiger partial charge in [0, 0.05) is 45.2 Å². The summed E-state index contributed by atoms with van der Waals surface area (Å²) in [5, 5.41) is 12.6. The number of benzene rings is 2.